The Morgan fingerprint density at radius 3 is 3.10 bits per heavy atom. The Kier molecular flexibility index (Phi) is 4.63. The van der Waals surface area contributed by atoms with Crippen LogP contribution < -0.4 is 5.32 Å². The van der Waals surface area contributed by atoms with E-state index < -0.39 is 0 Å². The lowest BCUT2D eigenvalue weighted by Crippen LogP contribution is -2.15. The van der Waals surface area contributed by atoms with E-state index in [4.69, 9.17) is 4.98 Å². The Morgan fingerprint density at radius 2 is 2.29 bits per heavy atom. The summed E-state index contributed by atoms with van der Waals surface area (Å²) in [5.41, 5.74) is 2.54. The van der Waals surface area contributed by atoms with Crippen LogP contribution in [0.2, 0.25) is 0 Å². The second kappa shape index (κ2) is 6.64. The highest BCUT2D eigenvalue weighted by Gasteiger charge is 2.14. The SMILES string of the molecule is CCCNCc1c(Sc2cccc(C)c2)nc2sccn12. The second-order valence-corrected chi connectivity index (χ2v) is 6.95. The van der Waals surface area contributed by atoms with Gasteiger partial charge in [0.05, 0.1) is 5.69 Å². The van der Waals surface area contributed by atoms with Crippen LogP contribution in [0, 0.1) is 6.92 Å². The Morgan fingerprint density at radius 1 is 1.38 bits per heavy atom. The van der Waals surface area contributed by atoms with Crippen LogP contribution in [0.1, 0.15) is 24.6 Å². The summed E-state index contributed by atoms with van der Waals surface area (Å²) in [6.07, 6.45) is 3.25. The van der Waals surface area contributed by atoms with E-state index in [0.29, 0.717) is 0 Å². The third-order valence-electron chi connectivity index (χ3n) is 3.25. The second-order valence-electron chi connectivity index (χ2n) is 5.01. The number of hydrogen-bond donors (Lipinski definition) is 1. The van der Waals surface area contributed by atoms with Crippen LogP contribution in [0.15, 0.2) is 45.8 Å². The fourth-order valence-electron chi connectivity index (χ4n) is 2.23. The summed E-state index contributed by atoms with van der Waals surface area (Å²) in [7, 11) is 0. The largest absolute Gasteiger partial charge is 0.311 e. The standard InChI is InChI=1S/C16H19N3S2/c1-3-7-17-11-14-15(18-16-19(14)8-9-20-16)21-13-6-4-5-12(2)10-13/h4-6,8-10,17H,3,7,11H2,1-2H3. The van der Waals surface area contributed by atoms with E-state index >= 15 is 0 Å². The van der Waals surface area contributed by atoms with E-state index in [9.17, 15) is 0 Å². The average molecular weight is 317 g/mol. The lowest BCUT2D eigenvalue weighted by atomic mass is 10.2. The number of nitrogens with one attached hydrogen (secondary N) is 1. The Balaban J connectivity index is 1.89. The van der Waals surface area contributed by atoms with Gasteiger partial charge in [0.25, 0.3) is 0 Å². The van der Waals surface area contributed by atoms with Crippen LogP contribution in [0.5, 0.6) is 0 Å². The maximum absolute atomic E-state index is 4.78. The minimum absolute atomic E-state index is 0.861. The lowest BCUT2D eigenvalue weighted by Gasteiger charge is -2.06. The molecule has 0 saturated carbocycles. The number of thiazole rings is 1. The van der Waals surface area contributed by atoms with E-state index in [2.05, 4.69) is 59.4 Å². The van der Waals surface area contributed by atoms with Gasteiger partial charge in [-0.2, -0.15) is 0 Å². The van der Waals surface area contributed by atoms with E-state index in [-0.39, 0.29) is 0 Å². The molecule has 3 aromatic rings. The first-order valence-corrected chi connectivity index (χ1v) is 8.87. The van der Waals surface area contributed by atoms with Gasteiger partial charge in [-0.05, 0) is 32.0 Å². The molecule has 0 aliphatic rings. The van der Waals surface area contributed by atoms with Gasteiger partial charge in [0.15, 0.2) is 4.96 Å². The highest BCUT2D eigenvalue weighted by atomic mass is 32.2. The number of hydrogen-bond acceptors (Lipinski definition) is 4. The number of aromatic nitrogens is 2. The molecule has 0 radical (unpaired) electrons. The molecule has 1 N–H and O–H groups in total. The molecule has 110 valence electrons. The lowest BCUT2D eigenvalue weighted by molar-refractivity contribution is 0.653. The predicted molar refractivity (Wildman–Crippen MR) is 90.4 cm³/mol. The topological polar surface area (TPSA) is 29.3 Å². The fraction of sp³-hybridized carbons (Fsp3) is 0.312. The minimum atomic E-state index is 0.861. The molecule has 3 nitrogen and oxygen atoms in total. The van der Waals surface area contributed by atoms with Gasteiger partial charge >= 0.3 is 0 Å². The molecular weight excluding hydrogens is 298 g/mol. The summed E-state index contributed by atoms with van der Waals surface area (Å²) >= 11 is 3.44. The molecule has 0 fully saturated rings. The molecule has 0 spiro atoms. The normalized spacial score (nSPS) is 11.3. The smallest absolute Gasteiger partial charge is 0.194 e. The summed E-state index contributed by atoms with van der Waals surface area (Å²) in [5.74, 6) is 0. The van der Waals surface area contributed by atoms with Crippen molar-refractivity contribution in [3.05, 3.63) is 47.1 Å². The van der Waals surface area contributed by atoms with Gasteiger partial charge in [-0.3, -0.25) is 4.40 Å². The molecular formula is C16H19N3S2. The zero-order valence-corrected chi connectivity index (χ0v) is 13.9. The van der Waals surface area contributed by atoms with Crippen molar-refractivity contribution < 1.29 is 0 Å². The van der Waals surface area contributed by atoms with E-state index in [1.54, 1.807) is 23.1 Å². The molecule has 0 bridgehead atoms. The van der Waals surface area contributed by atoms with Gasteiger partial charge < -0.3 is 5.32 Å². The Hall–Kier alpha value is -1.30. The molecule has 21 heavy (non-hydrogen) atoms. The molecule has 2 heterocycles. The van der Waals surface area contributed by atoms with Gasteiger partial charge in [0.2, 0.25) is 0 Å². The molecule has 0 aliphatic carbocycles. The summed E-state index contributed by atoms with van der Waals surface area (Å²) in [4.78, 5) is 7.10. The Labute approximate surface area is 133 Å². The van der Waals surface area contributed by atoms with Gasteiger partial charge in [-0.15, -0.1) is 11.3 Å². The van der Waals surface area contributed by atoms with Crippen molar-refractivity contribution in [3.63, 3.8) is 0 Å². The van der Waals surface area contributed by atoms with E-state index in [1.165, 1.54) is 16.2 Å². The predicted octanol–water partition coefficient (Wildman–Crippen LogP) is 4.36. The first-order valence-electron chi connectivity index (χ1n) is 7.17. The molecule has 0 saturated heterocycles. The molecule has 0 atom stereocenters. The van der Waals surface area contributed by atoms with Crippen LogP contribution in [-0.4, -0.2) is 15.9 Å². The Bertz CT molecular complexity index is 730. The van der Waals surface area contributed by atoms with Crippen molar-refractivity contribution in [1.82, 2.24) is 14.7 Å². The third-order valence-corrected chi connectivity index (χ3v) is 5.01. The van der Waals surface area contributed by atoms with E-state index in [0.717, 1.165) is 29.5 Å². The molecule has 3 rings (SSSR count). The molecule has 0 amide bonds. The molecule has 5 heteroatoms. The van der Waals surface area contributed by atoms with Crippen LogP contribution in [0.25, 0.3) is 4.96 Å². The highest BCUT2D eigenvalue weighted by molar-refractivity contribution is 7.99. The number of fused-ring (bicyclic) bond motifs is 1. The minimum Gasteiger partial charge on any atom is -0.311 e. The molecule has 0 aliphatic heterocycles. The van der Waals surface area contributed by atoms with Gasteiger partial charge in [0, 0.05) is 23.0 Å². The third kappa shape index (κ3) is 3.31. The molecule has 2 aromatic heterocycles. The highest BCUT2D eigenvalue weighted by Crippen LogP contribution is 2.32. The van der Waals surface area contributed by atoms with Crippen LogP contribution in [0.4, 0.5) is 0 Å². The number of rotatable bonds is 6. The van der Waals surface area contributed by atoms with Crippen molar-refractivity contribution >= 4 is 28.1 Å². The maximum Gasteiger partial charge on any atom is 0.194 e. The van der Waals surface area contributed by atoms with Crippen molar-refractivity contribution in [2.75, 3.05) is 6.54 Å². The average Bonchev–Trinajstić information content (AvgIpc) is 3.02. The van der Waals surface area contributed by atoms with Crippen LogP contribution >= 0.6 is 23.1 Å². The van der Waals surface area contributed by atoms with Crippen molar-refractivity contribution in [3.8, 4) is 0 Å². The van der Waals surface area contributed by atoms with Crippen molar-refractivity contribution in [1.29, 1.82) is 0 Å². The zero-order valence-electron chi connectivity index (χ0n) is 12.3. The summed E-state index contributed by atoms with van der Waals surface area (Å²) < 4.78 is 2.20. The van der Waals surface area contributed by atoms with Gasteiger partial charge in [-0.25, -0.2) is 4.98 Å². The number of imidazole rings is 1. The monoisotopic (exact) mass is 317 g/mol. The quantitative estimate of drug-likeness (QED) is 0.685. The molecule has 0 unspecified atom stereocenters. The van der Waals surface area contributed by atoms with Crippen LogP contribution in [0.3, 0.4) is 0 Å². The van der Waals surface area contributed by atoms with Crippen molar-refractivity contribution in [2.45, 2.75) is 36.7 Å². The van der Waals surface area contributed by atoms with Gasteiger partial charge in [0.1, 0.15) is 5.03 Å². The number of benzene rings is 1. The fourth-order valence-corrected chi connectivity index (χ4v) is 4.06. The number of aryl methyl sites for hydroxylation is 1. The van der Waals surface area contributed by atoms with Crippen molar-refractivity contribution in [2.24, 2.45) is 0 Å². The summed E-state index contributed by atoms with van der Waals surface area (Å²) in [5, 5.41) is 6.68. The number of nitrogens with zero attached hydrogens (tertiary/aromatic N) is 2. The first-order chi connectivity index (χ1) is 10.3. The van der Waals surface area contributed by atoms with E-state index in [1.807, 2.05) is 0 Å². The van der Waals surface area contributed by atoms with Crippen LogP contribution in [-0.2, 0) is 6.54 Å². The maximum atomic E-state index is 4.78. The first kappa shape index (κ1) is 14.6. The summed E-state index contributed by atoms with van der Waals surface area (Å²) in [6, 6.07) is 8.58. The summed E-state index contributed by atoms with van der Waals surface area (Å²) in [6.45, 7) is 6.21. The molecule has 1 aromatic carbocycles. The van der Waals surface area contributed by atoms with Gasteiger partial charge in [-0.1, -0.05) is 36.4 Å². The zero-order chi connectivity index (χ0) is 14.7.